The molecule has 1 saturated heterocycles. The Morgan fingerprint density at radius 1 is 0.941 bits per heavy atom. The van der Waals surface area contributed by atoms with Crippen LogP contribution in [0, 0.1) is 0 Å². The average molecular weight is 456 g/mol. The maximum atomic E-state index is 12.9. The van der Waals surface area contributed by atoms with E-state index in [4.69, 9.17) is 9.15 Å². The van der Waals surface area contributed by atoms with E-state index in [2.05, 4.69) is 10.3 Å². The fourth-order valence-electron chi connectivity index (χ4n) is 4.36. The zero-order valence-corrected chi connectivity index (χ0v) is 19.0. The summed E-state index contributed by atoms with van der Waals surface area (Å²) in [7, 11) is 0. The fraction of sp³-hybridized carbons (Fsp3) is 0.222. The molecule has 0 radical (unpaired) electrons. The monoisotopic (exact) mass is 455 g/mol. The molecule has 34 heavy (non-hydrogen) atoms. The Kier molecular flexibility index (Phi) is 5.86. The van der Waals surface area contributed by atoms with Crippen molar-refractivity contribution in [1.29, 1.82) is 0 Å². The van der Waals surface area contributed by atoms with Gasteiger partial charge in [-0.05, 0) is 55.0 Å². The zero-order chi connectivity index (χ0) is 23.7. The highest BCUT2D eigenvalue weighted by Gasteiger charge is 2.26. The molecule has 4 aromatic rings. The summed E-state index contributed by atoms with van der Waals surface area (Å²) in [6.07, 6.45) is 1.28. The molecule has 1 N–H and O–H groups in total. The predicted octanol–water partition coefficient (Wildman–Crippen LogP) is 5.00. The Labute approximate surface area is 197 Å². The topological polar surface area (TPSA) is 84.7 Å². The molecule has 3 aromatic carbocycles. The van der Waals surface area contributed by atoms with Gasteiger partial charge in [-0.15, -0.1) is 0 Å². The number of carbonyl (C=O) groups excluding carboxylic acids is 2. The number of oxazole rings is 1. The number of hydrogen-bond donors (Lipinski definition) is 1. The number of benzene rings is 3. The minimum absolute atomic E-state index is 0.00511. The molecule has 1 fully saturated rings. The number of ether oxygens (including phenoxy) is 1. The fourth-order valence-corrected chi connectivity index (χ4v) is 4.36. The number of nitrogens with zero attached hydrogens (tertiary/aromatic N) is 2. The van der Waals surface area contributed by atoms with Crippen molar-refractivity contribution >= 4 is 28.3 Å². The van der Waals surface area contributed by atoms with Crippen LogP contribution in [0.3, 0.4) is 0 Å². The van der Waals surface area contributed by atoms with Crippen LogP contribution in [0.1, 0.15) is 34.7 Å². The number of hydrogen-bond acceptors (Lipinski definition) is 5. The molecule has 0 saturated carbocycles. The number of morpholine rings is 1. The Balaban J connectivity index is 1.31. The van der Waals surface area contributed by atoms with E-state index < -0.39 is 0 Å². The number of anilines is 1. The van der Waals surface area contributed by atoms with Gasteiger partial charge in [0, 0.05) is 29.9 Å². The predicted molar refractivity (Wildman–Crippen MR) is 130 cm³/mol. The zero-order valence-electron chi connectivity index (χ0n) is 19.0. The SMILES string of the molecule is CC1CN(C(=O)c2ccc(NC(=O)c3ncoc3-c3ccc4ccccc4c3)cc2)CC(C)O1. The highest BCUT2D eigenvalue weighted by atomic mass is 16.5. The van der Waals surface area contributed by atoms with Crippen LogP contribution in [0.25, 0.3) is 22.1 Å². The number of aromatic nitrogens is 1. The summed E-state index contributed by atoms with van der Waals surface area (Å²) >= 11 is 0. The number of fused-ring (bicyclic) bond motifs is 1. The van der Waals surface area contributed by atoms with E-state index in [-0.39, 0.29) is 29.7 Å². The van der Waals surface area contributed by atoms with Crippen molar-refractivity contribution < 1.29 is 18.7 Å². The Hall–Kier alpha value is -3.97. The molecule has 172 valence electrons. The molecule has 7 nitrogen and oxygen atoms in total. The molecule has 1 aromatic heterocycles. The molecule has 2 heterocycles. The maximum Gasteiger partial charge on any atom is 0.278 e. The van der Waals surface area contributed by atoms with E-state index in [0.717, 1.165) is 16.3 Å². The molecule has 2 amide bonds. The van der Waals surface area contributed by atoms with Crippen molar-refractivity contribution in [2.24, 2.45) is 0 Å². The lowest BCUT2D eigenvalue weighted by Crippen LogP contribution is -2.48. The van der Waals surface area contributed by atoms with E-state index in [1.54, 1.807) is 29.2 Å². The first-order valence-electron chi connectivity index (χ1n) is 11.3. The number of rotatable bonds is 4. The van der Waals surface area contributed by atoms with Crippen molar-refractivity contribution in [3.63, 3.8) is 0 Å². The van der Waals surface area contributed by atoms with Crippen molar-refractivity contribution in [2.45, 2.75) is 26.1 Å². The minimum Gasteiger partial charge on any atom is -0.443 e. The lowest BCUT2D eigenvalue weighted by molar-refractivity contribution is -0.0586. The van der Waals surface area contributed by atoms with Gasteiger partial charge in [0.25, 0.3) is 11.8 Å². The van der Waals surface area contributed by atoms with Crippen LogP contribution in [0.15, 0.2) is 77.5 Å². The van der Waals surface area contributed by atoms with Gasteiger partial charge in [0.2, 0.25) is 0 Å². The van der Waals surface area contributed by atoms with Crippen molar-refractivity contribution in [2.75, 3.05) is 18.4 Å². The molecular formula is C27H25N3O4. The molecule has 0 aliphatic carbocycles. The lowest BCUT2D eigenvalue weighted by Gasteiger charge is -2.35. The summed E-state index contributed by atoms with van der Waals surface area (Å²) < 4.78 is 11.3. The van der Waals surface area contributed by atoms with Crippen LogP contribution < -0.4 is 5.32 Å². The molecule has 1 aliphatic heterocycles. The molecule has 0 bridgehead atoms. The van der Waals surface area contributed by atoms with E-state index in [1.807, 2.05) is 56.3 Å². The van der Waals surface area contributed by atoms with Crippen LogP contribution in [0.5, 0.6) is 0 Å². The molecule has 2 atom stereocenters. The molecular weight excluding hydrogens is 430 g/mol. The third kappa shape index (κ3) is 4.43. The Morgan fingerprint density at radius 2 is 1.65 bits per heavy atom. The minimum atomic E-state index is -0.383. The number of amides is 2. The van der Waals surface area contributed by atoms with Gasteiger partial charge in [0.1, 0.15) is 0 Å². The van der Waals surface area contributed by atoms with Crippen LogP contribution in [-0.2, 0) is 4.74 Å². The molecule has 5 rings (SSSR count). The first kappa shape index (κ1) is 21.9. The van der Waals surface area contributed by atoms with Gasteiger partial charge >= 0.3 is 0 Å². The summed E-state index contributed by atoms with van der Waals surface area (Å²) in [6.45, 7) is 5.05. The van der Waals surface area contributed by atoms with Gasteiger partial charge < -0.3 is 19.4 Å². The first-order valence-corrected chi connectivity index (χ1v) is 11.3. The summed E-state index contributed by atoms with van der Waals surface area (Å²) in [4.78, 5) is 31.8. The quantitative estimate of drug-likeness (QED) is 0.468. The van der Waals surface area contributed by atoms with Crippen molar-refractivity contribution in [3.05, 3.63) is 84.4 Å². The number of nitrogens with one attached hydrogen (secondary N) is 1. The first-order chi connectivity index (χ1) is 16.5. The smallest absolute Gasteiger partial charge is 0.278 e. The molecule has 1 aliphatic rings. The second kappa shape index (κ2) is 9.11. The summed E-state index contributed by atoms with van der Waals surface area (Å²) in [5.74, 6) is -0.0209. The normalized spacial score (nSPS) is 18.1. The second-order valence-electron chi connectivity index (χ2n) is 8.59. The summed E-state index contributed by atoms with van der Waals surface area (Å²) in [6, 6.07) is 20.7. The third-order valence-corrected chi connectivity index (χ3v) is 5.89. The average Bonchev–Trinajstić information content (AvgIpc) is 3.33. The van der Waals surface area contributed by atoms with Crippen LogP contribution in [0.2, 0.25) is 0 Å². The molecule has 2 unspecified atom stereocenters. The van der Waals surface area contributed by atoms with E-state index in [0.29, 0.717) is 30.1 Å². The Bertz CT molecular complexity index is 1340. The van der Waals surface area contributed by atoms with Gasteiger partial charge in [-0.2, -0.15) is 0 Å². The summed E-state index contributed by atoms with van der Waals surface area (Å²) in [5.41, 5.74) is 2.11. The summed E-state index contributed by atoms with van der Waals surface area (Å²) in [5, 5.41) is 5.00. The largest absolute Gasteiger partial charge is 0.443 e. The van der Waals surface area contributed by atoms with Gasteiger partial charge in [-0.3, -0.25) is 9.59 Å². The van der Waals surface area contributed by atoms with E-state index in [9.17, 15) is 9.59 Å². The van der Waals surface area contributed by atoms with Crippen LogP contribution in [-0.4, -0.2) is 47.0 Å². The second-order valence-corrected chi connectivity index (χ2v) is 8.59. The molecule has 0 spiro atoms. The van der Waals surface area contributed by atoms with Gasteiger partial charge in [-0.25, -0.2) is 4.98 Å². The molecule has 7 heteroatoms. The lowest BCUT2D eigenvalue weighted by atomic mass is 10.0. The highest BCUT2D eigenvalue weighted by Crippen LogP contribution is 2.27. The van der Waals surface area contributed by atoms with E-state index in [1.165, 1.54) is 6.39 Å². The Morgan fingerprint density at radius 3 is 2.38 bits per heavy atom. The van der Waals surface area contributed by atoms with Crippen molar-refractivity contribution in [3.8, 4) is 11.3 Å². The van der Waals surface area contributed by atoms with Gasteiger partial charge in [0.05, 0.1) is 12.2 Å². The van der Waals surface area contributed by atoms with Crippen LogP contribution in [0.4, 0.5) is 5.69 Å². The van der Waals surface area contributed by atoms with Gasteiger partial charge in [0.15, 0.2) is 17.8 Å². The van der Waals surface area contributed by atoms with Crippen LogP contribution >= 0.6 is 0 Å². The standard InChI is InChI=1S/C27H25N3O4/c1-17-14-30(15-18(2)34-17)27(32)20-9-11-23(12-10-20)29-26(31)24-25(33-16-28-24)22-8-7-19-5-3-4-6-21(19)13-22/h3-13,16-18H,14-15H2,1-2H3,(H,29,31). The number of carbonyl (C=O) groups is 2. The van der Waals surface area contributed by atoms with Gasteiger partial charge in [-0.1, -0.05) is 36.4 Å². The third-order valence-electron chi connectivity index (χ3n) is 5.89. The van der Waals surface area contributed by atoms with E-state index >= 15 is 0 Å². The van der Waals surface area contributed by atoms with Crippen molar-refractivity contribution in [1.82, 2.24) is 9.88 Å². The highest BCUT2D eigenvalue weighted by molar-refractivity contribution is 6.07. The maximum absolute atomic E-state index is 12.9.